The van der Waals surface area contributed by atoms with Gasteiger partial charge >= 0.3 is 6.09 Å². The molecule has 3 amide bonds. The molecule has 44 heavy (non-hydrogen) atoms. The number of rotatable bonds is 16. The van der Waals surface area contributed by atoms with E-state index in [2.05, 4.69) is 17.6 Å². The number of nitrogens with one attached hydrogen (secondary N) is 2. The average Bonchev–Trinajstić information content (AvgIpc) is 2.94. The Morgan fingerprint density at radius 3 is 2.11 bits per heavy atom. The Morgan fingerprint density at radius 2 is 1.52 bits per heavy atom. The number of hydrogen-bond donors (Lipinski definition) is 2. The number of benzene rings is 2. The fourth-order valence-corrected chi connectivity index (χ4v) is 5.98. The lowest BCUT2D eigenvalue weighted by molar-refractivity contribution is -0.141. The molecule has 2 aromatic rings. The Balaban J connectivity index is 2.61. The number of ether oxygens (including phenoxy) is 1. The molecule has 9 heteroatoms. The normalized spacial score (nSPS) is 12.8. The van der Waals surface area contributed by atoms with Crippen molar-refractivity contribution < 1.29 is 19.1 Å². The van der Waals surface area contributed by atoms with Gasteiger partial charge in [-0.2, -0.15) is 11.8 Å². The molecule has 0 aliphatic carbocycles. The molecule has 0 spiro atoms. The molecule has 2 N–H and O–H groups in total. The first-order valence-corrected chi connectivity index (χ1v) is 17.5. The summed E-state index contributed by atoms with van der Waals surface area (Å²) in [7, 11) is 0. The zero-order chi connectivity index (χ0) is 32.9. The molecule has 0 aliphatic heterocycles. The van der Waals surface area contributed by atoms with Gasteiger partial charge in [-0.15, -0.1) is 0 Å². The van der Waals surface area contributed by atoms with E-state index in [0.29, 0.717) is 29.4 Å². The lowest BCUT2D eigenvalue weighted by atomic mass is 9.93. The van der Waals surface area contributed by atoms with E-state index in [0.717, 1.165) is 54.4 Å². The molecular formula is C35H52ClN3O4S. The van der Waals surface area contributed by atoms with Crippen LogP contribution in [0.2, 0.25) is 5.02 Å². The maximum absolute atomic E-state index is 14.6. The second-order valence-electron chi connectivity index (χ2n) is 12.4. The van der Waals surface area contributed by atoms with E-state index >= 15 is 0 Å². The van der Waals surface area contributed by atoms with E-state index in [4.69, 9.17) is 16.3 Å². The molecule has 2 aromatic carbocycles. The highest BCUT2D eigenvalue weighted by Gasteiger charge is 2.37. The quantitative estimate of drug-likeness (QED) is 0.178. The van der Waals surface area contributed by atoms with Crippen LogP contribution < -0.4 is 10.6 Å². The molecule has 0 saturated heterocycles. The van der Waals surface area contributed by atoms with Crippen LogP contribution in [-0.4, -0.2) is 53.0 Å². The lowest BCUT2D eigenvalue weighted by Gasteiger charge is -2.36. The van der Waals surface area contributed by atoms with Gasteiger partial charge in [0.15, 0.2) is 0 Å². The van der Waals surface area contributed by atoms with Crippen LogP contribution in [0.3, 0.4) is 0 Å². The van der Waals surface area contributed by atoms with E-state index in [1.807, 2.05) is 57.4 Å². The molecule has 0 aliphatic rings. The van der Waals surface area contributed by atoms with Crippen LogP contribution >= 0.6 is 23.4 Å². The molecule has 0 bridgehead atoms. The highest BCUT2D eigenvalue weighted by molar-refractivity contribution is 7.98. The number of para-hydroxylation sites is 1. The zero-order valence-corrected chi connectivity index (χ0v) is 29.4. The van der Waals surface area contributed by atoms with Crippen LogP contribution in [0.1, 0.15) is 101 Å². The van der Waals surface area contributed by atoms with Crippen molar-refractivity contribution in [2.45, 2.75) is 111 Å². The smallest absolute Gasteiger partial charge is 0.408 e. The summed E-state index contributed by atoms with van der Waals surface area (Å²) in [5.41, 5.74) is 3.21. The van der Waals surface area contributed by atoms with Crippen LogP contribution in [0.5, 0.6) is 0 Å². The Hall–Kier alpha value is -2.71. The standard InChI is InChI=1S/C35H52ClN3O4S/c1-9-10-11-12-13-14-22-39(33(41)28(21-23-44-8)37-34(42)43-35(5,6)7)31(29-24(2)17-15-18-25(29)3)32(40)38-30-26(4)19-16-20-27(30)36/h15-20,28,31H,9-14,21-23H2,1-8H3,(H,37,42)(H,38,40). The van der Waals surface area contributed by atoms with Gasteiger partial charge < -0.3 is 20.3 Å². The van der Waals surface area contributed by atoms with Gasteiger partial charge in [0, 0.05) is 6.54 Å². The summed E-state index contributed by atoms with van der Waals surface area (Å²) in [4.78, 5) is 43.6. The maximum atomic E-state index is 14.6. The van der Waals surface area contributed by atoms with Crippen molar-refractivity contribution in [3.05, 3.63) is 63.7 Å². The van der Waals surface area contributed by atoms with Crippen LogP contribution in [0.15, 0.2) is 36.4 Å². The number of anilines is 1. The van der Waals surface area contributed by atoms with Gasteiger partial charge in [-0.1, -0.05) is 81.0 Å². The van der Waals surface area contributed by atoms with Crippen molar-refractivity contribution >= 4 is 47.0 Å². The number of nitrogens with zero attached hydrogens (tertiary/aromatic N) is 1. The van der Waals surface area contributed by atoms with E-state index in [-0.39, 0.29) is 11.8 Å². The number of thioether (sulfide) groups is 1. The SMILES string of the molecule is CCCCCCCCN(C(=O)C(CCSC)NC(=O)OC(C)(C)C)C(C(=O)Nc1c(C)cccc1Cl)c1c(C)cccc1C. The highest BCUT2D eigenvalue weighted by Crippen LogP contribution is 2.33. The number of amides is 3. The van der Waals surface area contributed by atoms with Crippen LogP contribution in [0.25, 0.3) is 0 Å². The Bertz CT molecular complexity index is 1210. The van der Waals surface area contributed by atoms with E-state index in [1.54, 1.807) is 43.5 Å². The third-order valence-corrected chi connectivity index (χ3v) is 8.44. The molecule has 0 saturated carbocycles. The summed E-state index contributed by atoms with van der Waals surface area (Å²) in [5.74, 6) is -0.00757. The highest BCUT2D eigenvalue weighted by atomic mass is 35.5. The summed E-state index contributed by atoms with van der Waals surface area (Å²) < 4.78 is 5.53. The van der Waals surface area contributed by atoms with Gasteiger partial charge in [-0.25, -0.2) is 4.79 Å². The Morgan fingerprint density at radius 1 is 0.932 bits per heavy atom. The summed E-state index contributed by atoms with van der Waals surface area (Å²) >= 11 is 8.12. The lowest BCUT2D eigenvalue weighted by Crippen LogP contribution is -2.53. The fourth-order valence-electron chi connectivity index (χ4n) is 5.24. The summed E-state index contributed by atoms with van der Waals surface area (Å²) in [6, 6.07) is 9.53. The predicted molar refractivity (Wildman–Crippen MR) is 185 cm³/mol. The number of alkyl carbamates (subject to hydrolysis) is 1. The molecule has 244 valence electrons. The first-order chi connectivity index (χ1) is 20.8. The number of unbranched alkanes of at least 4 members (excludes halogenated alkanes) is 5. The van der Waals surface area contributed by atoms with Gasteiger partial charge in [-0.3, -0.25) is 9.59 Å². The molecule has 0 heterocycles. The summed E-state index contributed by atoms with van der Waals surface area (Å²) in [6.45, 7) is 13.7. The number of aryl methyl sites for hydroxylation is 3. The van der Waals surface area contributed by atoms with Crippen molar-refractivity contribution in [3.8, 4) is 0 Å². The molecule has 2 unspecified atom stereocenters. The molecule has 0 fully saturated rings. The van der Waals surface area contributed by atoms with Crippen molar-refractivity contribution in [1.29, 1.82) is 0 Å². The van der Waals surface area contributed by atoms with E-state index < -0.39 is 23.8 Å². The number of halogens is 1. The number of carbonyl (C=O) groups excluding carboxylic acids is 3. The molecule has 2 atom stereocenters. The van der Waals surface area contributed by atoms with E-state index in [1.165, 1.54) is 6.42 Å². The molecular weight excluding hydrogens is 594 g/mol. The molecule has 0 aromatic heterocycles. The van der Waals surface area contributed by atoms with Gasteiger partial charge in [0.25, 0.3) is 5.91 Å². The number of hydrogen-bond acceptors (Lipinski definition) is 5. The third kappa shape index (κ3) is 11.7. The van der Waals surface area contributed by atoms with Crippen molar-refractivity contribution in [1.82, 2.24) is 10.2 Å². The minimum atomic E-state index is -0.938. The van der Waals surface area contributed by atoms with Gasteiger partial charge in [0.05, 0.1) is 10.7 Å². The zero-order valence-electron chi connectivity index (χ0n) is 27.8. The summed E-state index contributed by atoms with van der Waals surface area (Å²) in [5, 5.41) is 6.32. The predicted octanol–water partition coefficient (Wildman–Crippen LogP) is 8.78. The Labute approximate surface area is 274 Å². The minimum Gasteiger partial charge on any atom is -0.444 e. The maximum Gasteiger partial charge on any atom is 0.408 e. The van der Waals surface area contributed by atoms with Crippen molar-refractivity contribution in [2.75, 3.05) is 23.9 Å². The molecule has 0 radical (unpaired) electrons. The minimum absolute atomic E-state index is 0.308. The third-order valence-electron chi connectivity index (χ3n) is 7.48. The second-order valence-corrected chi connectivity index (χ2v) is 13.8. The Kier molecular flexibility index (Phi) is 15.6. The second kappa shape index (κ2) is 18.3. The van der Waals surface area contributed by atoms with Crippen molar-refractivity contribution in [2.24, 2.45) is 0 Å². The first kappa shape index (κ1) is 37.5. The first-order valence-electron chi connectivity index (χ1n) is 15.7. The van der Waals surface area contributed by atoms with E-state index in [9.17, 15) is 14.4 Å². The van der Waals surface area contributed by atoms with Crippen LogP contribution in [0, 0.1) is 20.8 Å². The fraction of sp³-hybridized carbons (Fsp3) is 0.571. The molecule has 7 nitrogen and oxygen atoms in total. The largest absolute Gasteiger partial charge is 0.444 e. The van der Waals surface area contributed by atoms with Gasteiger partial charge in [-0.05, 0) is 94.7 Å². The topological polar surface area (TPSA) is 87.7 Å². The summed E-state index contributed by atoms with van der Waals surface area (Å²) in [6.07, 6.45) is 7.88. The van der Waals surface area contributed by atoms with Crippen LogP contribution in [-0.2, 0) is 14.3 Å². The average molecular weight is 646 g/mol. The van der Waals surface area contributed by atoms with Gasteiger partial charge in [0.2, 0.25) is 5.91 Å². The van der Waals surface area contributed by atoms with Gasteiger partial charge in [0.1, 0.15) is 17.7 Å². The monoisotopic (exact) mass is 645 g/mol. The molecule has 2 rings (SSSR count). The van der Waals surface area contributed by atoms with Crippen molar-refractivity contribution in [3.63, 3.8) is 0 Å². The number of carbonyl (C=O) groups is 3. The van der Waals surface area contributed by atoms with Crippen LogP contribution in [0.4, 0.5) is 10.5 Å².